The molecule has 1 fully saturated rings. The van der Waals surface area contributed by atoms with Gasteiger partial charge in [-0.05, 0) is 47.0 Å². The Hall–Kier alpha value is -4.04. The average Bonchev–Trinajstić information content (AvgIpc) is 3.57. The normalized spacial score (nSPS) is 22.7. The van der Waals surface area contributed by atoms with Gasteiger partial charge < -0.3 is 0 Å². The minimum Gasteiger partial charge on any atom is -0.194 e. The van der Waals surface area contributed by atoms with Gasteiger partial charge in [-0.1, -0.05) is 54.6 Å². The third-order valence-electron chi connectivity index (χ3n) is 8.15. The van der Waals surface area contributed by atoms with Crippen LogP contribution in [0.5, 0.6) is 0 Å². The van der Waals surface area contributed by atoms with E-state index >= 15 is 0 Å². The summed E-state index contributed by atoms with van der Waals surface area (Å²) >= 11 is 0. The number of fused-ring (bicyclic) bond motifs is 9. The minimum atomic E-state index is 0.330. The van der Waals surface area contributed by atoms with Crippen LogP contribution in [0.4, 0.5) is 0 Å². The third kappa shape index (κ3) is 2.40. The van der Waals surface area contributed by atoms with Gasteiger partial charge in [-0.2, -0.15) is 9.13 Å². The second-order valence-corrected chi connectivity index (χ2v) is 9.78. The molecule has 1 aliphatic carbocycles. The quantitative estimate of drug-likeness (QED) is 0.294. The summed E-state index contributed by atoms with van der Waals surface area (Å²) in [6.45, 7) is 0. The first-order valence-electron chi connectivity index (χ1n) is 12.2. The molecule has 0 radical (unpaired) electrons. The Balaban J connectivity index is 1.33. The van der Waals surface area contributed by atoms with Crippen molar-refractivity contribution in [1.82, 2.24) is 0 Å². The number of aromatic nitrogens is 2. The van der Waals surface area contributed by atoms with E-state index in [0.29, 0.717) is 23.9 Å². The summed E-state index contributed by atoms with van der Waals surface area (Å²) in [6.07, 6.45) is 4.57. The maximum absolute atomic E-state index is 2.54. The molecule has 4 unspecified atom stereocenters. The molecule has 3 aliphatic rings. The lowest BCUT2D eigenvalue weighted by Gasteiger charge is -2.12. The zero-order valence-corrected chi connectivity index (χ0v) is 18.8. The first-order valence-corrected chi connectivity index (χ1v) is 12.2. The van der Waals surface area contributed by atoms with Gasteiger partial charge >= 0.3 is 0 Å². The number of hydrogen-bond donors (Lipinski definition) is 0. The highest BCUT2D eigenvalue weighted by molar-refractivity contribution is 5.73. The van der Waals surface area contributed by atoms with E-state index in [9.17, 15) is 0 Å². The van der Waals surface area contributed by atoms with Crippen molar-refractivity contribution >= 4 is 0 Å². The van der Waals surface area contributed by atoms with Gasteiger partial charge in [0.25, 0.3) is 0 Å². The molecule has 160 valence electrons. The predicted molar refractivity (Wildman–Crippen MR) is 133 cm³/mol. The lowest BCUT2D eigenvalue weighted by atomic mass is 9.92. The summed E-state index contributed by atoms with van der Waals surface area (Å²) in [6, 6.07) is 41.0. The summed E-state index contributed by atoms with van der Waals surface area (Å²) in [5.74, 6) is 1.06. The highest BCUT2D eigenvalue weighted by Crippen LogP contribution is 2.65. The van der Waals surface area contributed by atoms with Gasteiger partial charge in [0.1, 0.15) is 5.92 Å². The Labute approximate surface area is 199 Å². The Morgan fingerprint density at radius 2 is 1.18 bits per heavy atom. The number of nitrogens with zero attached hydrogens (tertiary/aromatic N) is 2. The molecule has 0 spiro atoms. The van der Waals surface area contributed by atoms with Gasteiger partial charge in [-0.15, -0.1) is 0 Å². The van der Waals surface area contributed by atoms with E-state index in [1.54, 1.807) is 0 Å². The molecule has 8 rings (SSSR count). The first kappa shape index (κ1) is 18.4. The summed E-state index contributed by atoms with van der Waals surface area (Å²) in [7, 11) is 0. The molecule has 0 N–H and O–H groups in total. The molecule has 2 aliphatic heterocycles. The molecule has 0 bridgehead atoms. The molecule has 5 aromatic rings. The van der Waals surface area contributed by atoms with Crippen LogP contribution in [0.15, 0.2) is 122 Å². The molecule has 34 heavy (non-hydrogen) atoms. The molecule has 1 saturated carbocycles. The maximum atomic E-state index is 2.54. The summed E-state index contributed by atoms with van der Waals surface area (Å²) in [5.41, 5.74) is 11.0. The summed E-state index contributed by atoms with van der Waals surface area (Å²) in [5, 5.41) is 0. The standard InChI is InChI=1S/C32H24N2/c1-2-10-21(11-3-1)22-16-17-24-26(20-22)31(33-18-8-6-15-28(24)33)30-29-25-13-5-4-12-23(25)27-14-7-9-19-34(27)32(29)30/h1-20,29-32H/q+2. The van der Waals surface area contributed by atoms with Crippen molar-refractivity contribution in [3.63, 3.8) is 0 Å². The van der Waals surface area contributed by atoms with Gasteiger partial charge in [0, 0.05) is 35.4 Å². The molecule has 4 heterocycles. The summed E-state index contributed by atoms with van der Waals surface area (Å²) < 4.78 is 5.08. The largest absolute Gasteiger partial charge is 0.213 e. The number of pyridine rings is 2. The lowest BCUT2D eigenvalue weighted by molar-refractivity contribution is -0.723. The lowest BCUT2D eigenvalue weighted by Crippen LogP contribution is -2.42. The molecule has 0 amide bonds. The second-order valence-electron chi connectivity index (χ2n) is 9.78. The molecule has 3 aromatic carbocycles. The van der Waals surface area contributed by atoms with Crippen molar-refractivity contribution in [2.45, 2.75) is 18.0 Å². The Morgan fingerprint density at radius 1 is 0.500 bits per heavy atom. The second kappa shape index (κ2) is 6.74. The van der Waals surface area contributed by atoms with E-state index in [-0.39, 0.29) is 0 Å². The highest BCUT2D eigenvalue weighted by atomic mass is 15.1. The van der Waals surface area contributed by atoms with E-state index in [2.05, 4.69) is 131 Å². The van der Waals surface area contributed by atoms with Crippen LogP contribution in [-0.4, -0.2) is 0 Å². The van der Waals surface area contributed by atoms with Crippen LogP contribution in [0, 0.1) is 5.92 Å². The first-order chi connectivity index (χ1) is 16.9. The Morgan fingerprint density at radius 3 is 2.03 bits per heavy atom. The van der Waals surface area contributed by atoms with Crippen LogP contribution in [-0.2, 0) is 0 Å². The van der Waals surface area contributed by atoms with E-state index in [1.165, 1.54) is 44.8 Å². The van der Waals surface area contributed by atoms with Gasteiger partial charge in [-0.25, -0.2) is 0 Å². The average molecular weight is 437 g/mol. The van der Waals surface area contributed by atoms with Crippen molar-refractivity contribution in [2.24, 2.45) is 5.92 Å². The molecule has 2 heteroatoms. The van der Waals surface area contributed by atoms with E-state index in [4.69, 9.17) is 0 Å². The Kier molecular flexibility index (Phi) is 3.65. The highest BCUT2D eigenvalue weighted by Gasteiger charge is 2.69. The van der Waals surface area contributed by atoms with Crippen LogP contribution in [0.3, 0.4) is 0 Å². The minimum absolute atomic E-state index is 0.330. The van der Waals surface area contributed by atoms with Crippen molar-refractivity contribution in [1.29, 1.82) is 0 Å². The van der Waals surface area contributed by atoms with Gasteiger partial charge in [-0.3, -0.25) is 0 Å². The van der Waals surface area contributed by atoms with Crippen LogP contribution in [0.1, 0.15) is 29.1 Å². The molecule has 4 atom stereocenters. The third-order valence-corrected chi connectivity index (χ3v) is 8.15. The van der Waals surface area contributed by atoms with Crippen LogP contribution in [0.2, 0.25) is 0 Å². The van der Waals surface area contributed by atoms with Crippen LogP contribution in [0.25, 0.3) is 33.6 Å². The van der Waals surface area contributed by atoms with Crippen molar-refractivity contribution in [3.05, 3.63) is 133 Å². The zero-order chi connectivity index (χ0) is 22.2. The molecule has 2 aromatic heterocycles. The fourth-order valence-corrected chi connectivity index (χ4v) is 6.74. The van der Waals surface area contributed by atoms with Crippen molar-refractivity contribution < 1.29 is 9.13 Å². The Bertz CT molecular complexity index is 1530. The monoisotopic (exact) mass is 436 g/mol. The topological polar surface area (TPSA) is 7.76 Å². The van der Waals surface area contributed by atoms with Gasteiger partial charge in [0.2, 0.25) is 11.4 Å². The van der Waals surface area contributed by atoms with Crippen molar-refractivity contribution in [2.75, 3.05) is 0 Å². The molecule has 2 nitrogen and oxygen atoms in total. The van der Waals surface area contributed by atoms with Crippen molar-refractivity contribution in [3.8, 4) is 33.6 Å². The fourth-order valence-electron chi connectivity index (χ4n) is 6.74. The van der Waals surface area contributed by atoms with Crippen LogP contribution < -0.4 is 9.13 Å². The predicted octanol–water partition coefficient (Wildman–Crippen LogP) is 6.13. The number of benzene rings is 3. The molecular formula is C32H24N2+2. The van der Waals surface area contributed by atoms with Gasteiger partial charge in [0.15, 0.2) is 24.5 Å². The SMILES string of the molecule is c1ccc(-c2ccc3c(c2)C(C2C4c5ccccc5-c5cccc[n+]5C42)[n+]2ccccc2-3)cc1. The number of rotatable bonds is 2. The van der Waals surface area contributed by atoms with E-state index in [1.807, 2.05) is 0 Å². The van der Waals surface area contributed by atoms with Crippen LogP contribution >= 0.6 is 0 Å². The zero-order valence-electron chi connectivity index (χ0n) is 18.8. The molecular weight excluding hydrogens is 412 g/mol. The summed E-state index contributed by atoms with van der Waals surface area (Å²) in [4.78, 5) is 0. The van der Waals surface area contributed by atoms with Gasteiger partial charge in [0.05, 0.1) is 11.5 Å². The van der Waals surface area contributed by atoms with E-state index in [0.717, 1.165) is 0 Å². The number of hydrogen-bond acceptors (Lipinski definition) is 0. The fraction of sp³-hybridized carbons (Fsp3) is 0.125. The van der Waals surface area contributed by atoms with E-state index < -0.39 is 0 Å². The molecule has 0 saturated heterocycles. The smallest absolute Gasteiger partial charge is 0.194 e. The maximum Gasteiger partial charge on any atom is 0.213 e.